The van der Waals surface area contributed by atoms with E-state index in [0.717, 1.165) is 37.7 Å². The number of benzene rings is 1. The third-order valence-corrected chi connectivity index (χ3v) is 8.19. The summed E-state index contributed by atoms with van der Waals surface area (Å²) in [6.45, 7) is 7.01. The minimum atomic E-state index is -0.905. The first-order chi connectivity index (χ1) is 15.3. The number of carboxylic acids is 1. The lowest BCUT2D eigenvalue weighted by molar-refractivity contribution is -0.577. The quantitative estimate of drug-likeness (QED) is 0.507. The molecular formula is C25H34O7. The molecule has 5 fully saturated rings. The fourth-order valence-corrected chi connectivity index (χ4v) is 6.35. The average Bonchev–Trinajstić information content (AvgIpc) is 3.00. The van der Waals surface area contributed by atoms with Gasteiger partial charge in [0.1, 0.15) is 0 Å². The third-order valence-electron chi connectivity index (χ3n) is 8.19. The predicted molar refractivity (Wildman–Crippen MR) is 115 cm³/mol. The number of carboxylic acid groups (broad SMARTS) is 1. The molecule has 176 valence electrons. The van der Waals surface area contributed by atoms with E-state index in [2.05, 4.69) is 13.8 Å². The Bertz CT molecular complexity index is 841. The molecule has 0 aromatic heterocycles. The maximum atomic E-state index is 11.0. The van der Waals surface area contributed by atoms with Gasteiger partial charge in [-0.15, -0.1) is 0 Å². The molecule has 1 saturated carbocycles. The molecule has 5 aliphatic rings. The van der Waals surface area contributed by atoms with Crippen LogP contribution < -0.4 is 0 Å². The van der Waals surface area contributed by atoms with E-state index in [4.69, 9.17) is 29.1 Å². The molecule has 1 aromatic rings. The van der Waals surface area contributed by atoms with Crippen LogP contribution in [0, 0.1) is 23.7 Å². The summed E-state index contributed by atoms with van der Waals surface area (Å²) in [6, 6.07) is 7.02. The summed E-state index contributed by atoms with van der Waals surface area (Å²) in [6.07, 6.45) is 4.88. The number of hydrogen-bond acceptors (Lipinski definition) is 6. The van der Waals surface area contributed by atoms with E-state index in [1.807, 2.05) is 19.1 Å². The monoisotopic (exact) mass is 446 g/mol. The Labute approximate surface area is 189 Å². The zero-order valence-corrected chi connectivity index (χ0v) is 19.1. The second-order valence-corrected chi connectivity index (χ2v) is 10.3. The van der Waals surface area contributed by atoms with E-state index in [1.54, 1.807) is 12.1 Å². The molecule has 6 rings (SSSR count). The van der Waals surface area contributed by atoms with Crippen LogP contribution in [-0.4, -0.2) is 41.7 Å². The summed E-state index contributed by atoms with van der Waals surface area (Å²) in [7, 11) is 0. The molecule has 2 bridgehead atoms. The van der Waals surface area contributed by atoms with Gasteiger partial charge in [0.25, 0.3) is 0 Å². The number of carbonyl (C=O) groups is 1. The van der Waals surface area contributed by atoms with Crippen LogP contribution in [0.3, 0.4) is 0 Å². The molecule has 1 aliphatic carbocycles. The molecule has 4 heterocycles. The van der Waals surface area contributed by atoms with Gasteiger partial charge in [-0.05, 0) is 68.6 Å². The minimum Gasteiger partial charge on any atom is -0.478 e. The van der Waals surface area contributed by atoms with Crippen LogP contribution in [0.5, 0.6) is 0 Å². The molecule has 0 unspecified atom stereocenters. The normalized spacial score (nSPS) is 42.8. The minimum absolute atomic E-state index is 0.172. The highest BCUT2D eigenvalue weighted by molar-refractivity contribution is 5.87. The lowest BCUT2D eigenvalue weighted by atomic mass is 9.58. The van der Waals surface area contributed by atoms with Crippen LogP contribution in [0.25, 0.3) is 0 Å². The number of ether oxygens (including phenoxy) is 3. The highest BCUT2D eigenvalue weighted by Gasteiger charge is 2.69. The smallest absolute Gasteiger partial charge is 0.335 e. The van der Waals surface area contributed by atoms with E-state index in [0.29, 0.717) is 24.0 Å². The fourth-order valence-electron chi connectivity index (χ4n) is 6.35. The van der Waals surface area contributed by atoms with Crippen LogP contribution >= 0.6 is 0 Å². The number of rotatable bonds is 6. The zero-order valence-electron chi connectivity index (χ0n) is 19.1. The molecule has 4 aliphatic heterocycles. The van der Waals surface area contributed by atoms with Crippen molar-refractivity contribution < 1.29 is 33.9 Å². The van der Waals surface area contributed by atoms with E-state index < -0.39 is 23.6 Å². The van der Waals surface area contributed by atoms with Gasteiger partial charge in [-0.1, -0.05) is 26.0 Å². The van der Waals surface area contributed by atoms with Crippen molar-refractivity contribution in [3.63, 3.8) is 0 Å². The summed E-state index contributed by atoms with van der Waals surface area (Å²) in [4.78, 5) is 23.0. The Balaban J connectivity index is 1.24. The second-order valence-electron chi connectivity index (χ2n) is 10.3. The molecule has 1 N–H and O–H groups in total. The van der Waals surface area contributed by atoms with Crippen LogP contribution in [0.2, 0.25) is 0 Å². The Morgan fingerprint density at radius 3 is 2.66 bits per heavy atom. The van der Waals surface area contributed by atoms with Gasteiger partial charge < -0.3 is 19.3 Å². The van der Waals surface area contributed by atoms with Crippen LogP contribution in [0.1, 0.15) is 68.8 Å². The molecule has 4 saturated heterocycles. The highest BCUT2D eigenvalue weighted by Crippen LogP contribution is 2.60. The van der Waals surface area contributed by atoms with E-state index in [1.165, 1.54) is 6.42 Å². The van der Waals surface area contributed by atoms with Crippen molar-refractivity contribution in [2.75, 3.05) is 6.61 Å². The summed E-state index contributed by atoms with van der Waals surface area (Å²) < 4.78 is 19.0. The number of aromatic carboxylic acids is 1. The second kappa shape index (κ2) is 8.37. The molecule has 8 atom stereocenters. The fraction of sp³-hybridized carbons (Fsp3) is 0.720. The maximum absolute atomic E-state index is 11.0. The van der Waals surface area contributed by atoms with E-state index >= 15 is 0 Å². The molecule has 7 nitrogen and oxygen atoms in total. The van der Waals surface area contributed by atoms with Gasteiger partial charge in [0, 0.05) is 18.3 Å². The molecule has 0 amide bonds. The predicted octanol–water partition coefficient (Wildman–Crippen LogP) is 4.54. The standard InChI is InChI=1S/C25H34O7/c1-15-6-11-20-16(2)22(28-14-4-5-17-7-9-18(10-8-17)21(26)27)29-23-25(20)19(15)12-13-24(3,30-23)31-32-25/h7-10,15-16,19-20,22-23H,4-6,11-14H2,1-3H3,(H,26,27)/t15-,16-,19+,20+,22+,23-,24-,25-/m1/s1. The van der Waals surface area contributed by atoms with Gasteiger partial charge in [0.15, 0.2) is 18.2 Å². The van der Waals surface area contributed by atoms with Crippen molar-refractivity contribution in [3.05, 3.63) is 35.4 Å². The first-order valence-corrected chi connectivity index (χ1v) is 12.0. The Kier molecular flexibility index (Phi) is 5.83. The third kappa shape index (κ3) is 3.68. The first kappa shape index (κ1) is 22.3. The van der Waals surface area contributed by atoms with Gasteiger partial charge in [0.05, 0.1) is 12.2 Å². The Morgan fingerprint density at radius 1 is 1.12 bits per heavy atom. The van der Waals surface area contributed by atoms with Crippen LogP contribution in [0.15, 0.2) is 24.3 Å². The molecule has 1 spiro atoms. The topological polar surface area (TPSA) is 83.5 Å². The van der Waals surface area contributed by atoms with Gasteiger partial charge in [-0.3, -0.25) is 0 Å². The number of hydrogen-bond donors (Lipinski definition) is 1. The van der Waals surface area contributed by atoms with Gasteiger partial charge in [-0.25, -0.2) is 14.6 Å². The van der Waals surface area contributed by atoms with E-state index in [-0.39, 0.29) is 18.1 Å². The molecule has 0 radical (unpaired) electrons. The summed E-state index contributed by atoms with van der Waals surface area (Å²) in [5.74, 6) is -0.345. The molecule has 7 heteroatoms. The lowest BCUT2D eigenvalue weighted by Crippen LogP contribution is -2.70. The van der Waals surface area contributed by atoms with Crippen molar-refractivity contribution in [2.45, 2.75) is 83.3 Å². The largest absolute Gasteiger partial charge is 0.478 e. The maximum Gasteiger partial charge on any atom is 0.335 e. The van der Waals surface area contributed by atoms with Crippen molar-refractivity contribution in [3.8, 4) is 0 Å². The summed E-state index contributed by atoms with van der Waals surface area (Å²) in [5.41, 5.74) is 0.849. The molecule has 1 aromatic carbocycles. The molecule has 32 heavy (non-hydrogen) atoms. The average molecular weight is 447 g/mol. The van der Waals surface area contributed by atoms with Gasteiger partial charge in [-0.2, -0.15) is 0 Å². The summed E-state index contributed by atoms with van der Waals surface area (Å²) >= 11 is 0. The highest BCUT2D eigenvalue weighted by atomic mass is 17.3. The van der Waals surface area contributed by atoms with Gasteiger partial charge >= 0.3 is 5.97 Å². The SMILES string of the molecule is C[C@H]1[C@@H](OCCCc2ccc(C(=O)O)cc2)O[C@@H]2O[C@@]3(C)CC[C@H]4[C@H](C)CC[C@@H]1[C@@]24OO3. The lowest BCUT2D eigenvalue weighted by Gasteiger charge is -2.60. The van der Waals surface area contributed by atoms with Crippen molar-refractivity contribution in [1.82, 2.24) is 0 Å². The number of aryl methyl sites for hydroxylation is 1. The van der Waals surface area contributed by atoms with E-state index in [9.17, 15) is 4.79 Å². The Morgan fingerprint density at radius 2 is 1.91 bits per heavy atom. The van der Waals surface area contributed by atoms with Gasteiger partial charge in [0.2, 0.25) is 5.79 Å². The van der Waals surface area contributed by atoms with Crippen LogP contribution in [0.4, 0.5) is 0 Å². The van der Waals surface area contributed by atoms with Crippen molar-refractivity contribution >= 4 is 5.97 Å². The van der Waals surface area contributed by atoms with Crippen LogP contribution in [-0.2, 0) is 30.4 Å². The molecular weight excluding hydrogens is 412 g/mol. The van der Waals surface area contributed by atoms with Crippen molar-refractivity contribution in [2.24, 2.45) is 23.7 Å². The first-order valence-electron chi connectivity index (χ1n) is 12.0. The Hall–Kier alpha value is -1.51. The zero-order chi connectivity index (χ0) is 22.5. The van der Waals surface area contributed by atoms with Crippen molar-refractivity contribution in [1.29, 1.82) is 0 Å². The summed E-state index contributed by atoms with van der Waals surface area (Å²) in [5, 5.41) is 9.03. The number of fused-ring (bicyclic) bond motifs is 2.